The van der Waals surface area contributed by atoms with Crippen molar-refractivity contribution in [2.24, 2.45) is 22.4 Å². The molecule has 3 aliphatic rings. The summed E-state index contributed by atoms with van der Waals surface area (Å²) < 4.78 is 1.38. The summed E-state index contributed by atoms with van der Waals surface area (Å²) in [5.41, 5.74) is 2.58. The molecular formula is C18H21N3OS. The normalized spacial score (nSPS) is 25.7. The highest BCUT2D eigenvalue weighted by Crippen LogP contribution is 2.58. The first-order valence-corrected chi connectivity index (χ1v) is 8.93. The van der Waals surface area contributed by atoms with E-state index in [1.54, 1.807) is 11.3 Å². The minimum atomic E-state index is -0.0738. The Morgan fingerprint density at radius 3 is 2.91 bits per heavy atom. The van der Waals surface area contributed by atoms with Crippen LogP contribution in [0.2, 0.25) is 0 Å². The summed E-state index contributed by atoms with van der Waals surface area (Å²) in [6.45, 7) is 8.68. The highest BCUT2D eigenvalue weighted by atomic mass is 32.1. The molecule has 0 amide bonds. The Balaban J connectivity index is 1.71. The molecule has 0 N–H and O–H groups in total. The van der Waals surface area contributed by atoms with Crippen LogP contribution < -0.4 is 5.56 Å². The smallest absolute Gasteiger partial charge is 0.267 e. The van der Waals surface area contributed by atoms with E-state index in [2.05, 4.69) is 30.0 Å². The molecule has 0 saturated heterocycles. The summed E-state index contributed by atoms with van der Waals surface area (Å²) >= 11 is 1.57. The van der Waals surface area contributed by atoms with Crippen molar-refractivity contribution in [1.82, 2.24) is 9.66 Å². The van der Waals surface area contributed by atoms with Gasteiger partial charge >= 0.3 is 0 Å². The number of fused-ring (bicyclic) bond motifs is 2. The fourth-order valence-electron chi connectivity index (χ4n) is 3.98. The second kappa shape index (κ2) is 4.87. The molecule has 0 aliphatic heterocycles. The highest BCUT2D eigenvalue weighted by Gasteiger charge is 2.50. The molecule has 3 aliphatic carbocycles. The minimum absolute atomic E-state index is 0.0738. The van der Waals surface area contributed by atoms with E-state index in [1.807, 2.05) is 20.1 Å². The third kappa shape index (κ3) is 2.06. The van der Waals surface area contributed by atoms with Crippen LogP contribution in [-0.2, 0) is 0 Å². The number of allylic oxidation sites excluding steroid dienone is 2. The molecule has 0 aromatic carbocycles. The fourth-order valence-corrected chi connectivity index (χ4v) is 4.97. The van der Waals surface area contributed by atoms with Crippen LogP contribution in [-0.4, -0.2) is 15.9 Å². The molecule has 0 spiro atoms. The van der Waals surface area contributed by atoms with Crippen molar-refractivity contribution in [1.29, 1.82) is 0 Å². The van der Waals surface area contributed by atoms with Crippen LogP contribution in [0, 0.1) is 31.1 Å². The first-order chi connectivity index (χ1) is 10.9. The molecule has 2 atom stereocenters. The Labute approximate surface area is 139 Å². The van der Waals surface area contributed by atoms with E-state index in [9.17, 15) is 4.79 Å². The molecule has 5 heteroatoms. The average Bonchev–Trinajstić information content (AvgIpc) is 2.82. The summed E-state index contributed by atoms with van der Waals surface area (Å²) in [5.74, 6) is 1.38. The molecule has 120 valence electrons. The van der Waals surface area contributed by atoms with E-state index in [0.717, 1.165) is 27.6 Å². The van der Waals surface area contributed by atoms with Gasteiger partial charge in [0, 0.05) is 4.88 Å². The zero-order valence-electron chi connectivity index (χ0n) is 14.0. The largest absolute Gasteiger partial charge is 0.282 e. The lowest BCUT2D eigenvalue weighted by atomic mass is 9.49. The molecule has 1 fully saturated rings. The van der Waals surface area contributed by atoms with Crippen molar-refractivity contribution >= 4 is 27.8 Å². The van der Waals surface area contributed by atoms with Crippen LogP contribution in [0.1, 0.15) is 37.1 Å². The van der Waals surface area contributed by atoms with Crippen molar-refractivity contribution in [3.63, 3.8) is 0 Å². The molecule has 1 saturated carbocycles. The van der Waals surface area contributed by atoms with Gasteiger partial charge in [-0.3, -0.25) is 4.79 Å². The van der Waals surface area contributed by atoms with Crippen LogP contribution in [0.4, 0.5) is 0 Å². The van der Waals surface area contributed by atoms with Crippen molar-refractivity contribution in [2.45, 2.75) is 40.5 Å². The number of aryl methyl sites for hydroxylation is 2. The van der Waals surface area contributed by atoms with E-state index in [-0.39, 0.29) is 5.56 Å². The Kier molecular flexibility index (Phi) is 3.14. The van der Waals surface area contributed by atoms with Crippen molar-refractivity contribution in [2.75, 3.05) is 0 Å². The Hall–Kier alpha value is -1.75. The maximum absolute atomic E-state index is 12.7. The molecule has 2 aromatic heterocycles. The molecule has 5 rings (SSSR count). The summed E-state index contributed by atoms with van der Waals surface area (Å²) in [6, 6.07) is 0. The van der Waals surface area contributed by atoms with Gasteiger partial charge in [-0.1, -0.05) is 19.9 Å². The van der Waals surface area contributed by atoms with Crippen molar-refractivity contribution in [3.05, 3.63) is 38.8 Å². The highest BCUT2D eigenvalue weighted by molar-refractivity contribution is 7.18. The number of thiophene rings is 1. The van der Waals surface area contributed by atoms with Crippen LogP contribution >= 0.6 is 11.3 Å². The zero-order valence-corrected chi connectivity index (χ0v) is 14.8. The second-order valence-corrected chi connectivity index (χ2v) is 8.55. The van der Waals surface area contributed by atoms with Crippen molar-refractivity contribution in [3.8, 4) is 0 Å². The van der Waals surface area contributed by atoms with Gasteiger partial charge in [-0.2, -0.15) is 9.78 Å². The van der Waals surface area contributed by atoms with Crippen LogP contribution in [0.3, 0.4) is 0 Å². The maximum Gasteiger partial charge on any atom is 0.282 e. The number of hydrogen-bond acceptors (Lipinski definition) is 4. The predicted octanol–water partition coefficient (Wildman–Crippen LogP) is 3.90. The summed E-state index contributed by atoms with van der Waals surface area (Å²) in [4.78, 5) is 19.0. The van der Waals surface area contributed by atoms with Gasteiger partial charge < -0.3 is 0 Å². The number of hydrogen-bond donors (Lipinski definition) is 0. The summed E-state index contributed by atoms with van der Waals surface area (Å²) in [7, 11) is 0. The summed E-state index contributed by atoms with van der Waals surface area (Å²) in [5, 5.41) is 5.13. The van der Waals surface area contributed by atoms with Gasteiger partial charge in [0.15, 0.2) is 0 Å². The standard InChI is InChI=1S/C18H21N3OS/c1-10-11(2)23-16-15(10)17(22)21(9-19-16)20-8-12-5-6-13-7-14(12)18(13,3)4/h5,8-9,13-14H,6-7H2,1-4H3/t13-,14+/m0/s1. The van der Waals surface area contributed by atoms with Crippen LogP contribution in [0.15, 0.2) is 27.9 Å². The third-order valence-electron chi connectivity index (χ3n) is 5.92. The molecule has 2 bridgehead atoms. The maximum atomic E-state index is 12.7. The third-order valence-corrected chi connectivity index (χ3v) is 7.03. The lowest BCUT2D eigenvalue weighted by Gasteiger charge is -2.55. The molecule has 4 nitrogen and oxygen atoms in total. The molecule has 0 unspecified atom stereocenters. The van der Waals surface area contributed by atoms with Gasteiger partial charge in [-0.25, -0.2) is 4.98 Å². The van der Waals surface area contributed by atoms with E-state index in [4.69, 9.17) is 0 Å². The molecular weight excluding hydrogens is 306 g/mol. The first-order valence-electron chi connectivity index (χ1n) is 8.11. The number of aromatic nitrogens is 2. The monoisotopic (exact) mass is 327 g/mol. The topological polar surface area (TPSA) is 47.2 Å². The Morgan fingerprint density at radius 1 is 1.43 bits per heavy atom. The van der Waals surface area contributed by atoms with Crippen LogP contribution in [0.25, 0.3) is 10.2 Å². The van der Waals surface area contributed by atoms with Gasteiger partial charge in [0.25, 0.3) is 5.56 Å². The quantitative estimate of drug-likeness (QED) is 0.785. The number of nitrogens with zero attached hydrogens (tertiary/aromatic N) is 3. The number of rotatable bonds is 2. The lowest BCUT2D eigenvalue weighted by Crippen LogP contribution is -2.48. The van der Waals surface area contributed by atoms with Crippen LogP contribution in [0.5, 0.6) is 0 Å². The van der Waals surface area contributed by atoms with Gasteiger partial charge in [-0.05, 0) is 55.1 Å². The first kappa shape index (κ1) is 14.8. The van der Waals surface area contributed by atoms with Gasteiger partial charge in [0.05, 0.1) is 11.6 Å². The molecule has 0 radical (unpaired) electrons. The van der Waals surface area contributed by atoms with E-state index in [1.165, 1.54) is 23.0 Å². The summed E-state index contributed by atoms with van der Waals surface area (Å²) in [6.07, 6.45) is 8.06. The van der Waals surface area contributed by atoms with Gasteiger partial charge in [-0.15, -0.1) is 11.3 Å². The van der Waals surface area contributed by atoms with Gasteiger partial charge in [0.1, 0.15) is 11.2 Å². The Morgan fingerprint density at radius 2 is 2.22 bits per heavy atom. The zero-order chi connectivity index (χ0) is 16.4. The van der Waals surface area contributed by atoms with E-state index in [0.29, 0.717) is 16.7 Å². The van der Waals surface area contributed by atoms with Gasteiger partial charge in [0.2, 0.25) is 0 Å². The van der Waals surface area contributed by atoms with E-state index >= 15 is 0 Å². The lowest BCUT2D eigenvalue weighted by molar-refractivity contribution is -0.00127. The molecule has 2 heterocycles. The van der Waals surface area contributed by atoms with E-state index < -0.39 is 0 Å². The fraction of sp³-hybridized carbons (Fsp3) is 0.500. The minimum Gasteiger partial charge on any atom is -0.267 e. The molecule has 23 heavy (non-hydrogen) atoms. The Bertz CT molecular complexity index is 916. The molecule has 2 aromatic rings. The predicted molar refractivity (Wildman–Crippen MR) is 95.3 cm³/mol. The second-order valence-electron chi connectivity index (χ2n) is 7.35. The van der Waals surface area contributed by atoms with Crippen molar-refractivity contribution < 1.29 is 0 Å². The average molecular weight is 327 g/mol. The SMILES string of the molecule is Cc1sc2ncn(N=CC3=CC[C@H]4C[C@H]3C4(C)C)c(=O)c2c1C.